The van der Waals surface area contributed by atoms with Crippen LogP contribution in [-0.4, -0.2) is 31.1 Å². The average Bonchev–Trinajstić information content (AvgIpc) is 2.69. The van der Waals surface area contributed by atoms with E-state index in [-0.39, 0.29) is 16.3 Å². The van der Waals surface area contributed by atoms with Crippen molar-refractivity contribution >= 4 is 27.4 Å². The molecule has 0 aromatic heterocycles. The third kappa shape index (κ3) is 4.71. The van der Waals surface area contributed by atoms with E-state index in [0.717, 1.165) is 19.3 Å². The molecule has 1 aliphatic carbocycles. The third-order valence-corrected chi connectivity index (χ3v) is 7.13. The first kappa shape index (κ1) is 20.8. The van der Waals surface area contributed by atoms with Crippen LogP contribution in [0.25, 0.3) is 11.1 Å². The number of benzene rings is 2. The van der Waals surface area contributed by atoms with Gasteiger partial charge in [0, 0.05) is 0 Å². The van der Waals surface area contributed by atoms with Gasteiger partial charge in [-0.1, -0.05) is 43.0 Å². The first-order valence-corrected chi connectivity index (χ1v) is 11.0. The molecule has 2 aromatic carbocycles. The monoisotopic (exact) mass is 425 g/mol. The molecule has 5 nitrogen and oxygen atoms in total. The first-order chi connectivity index (χ1) is 13.3. The van der Waals surface area contributed by atoms with Crippen molar-refractivity contribution in [1.82, 2.24) is 4.72 Å². The van der Waals surface area contributed by atoms with Crippen molar-refractivity contribution in [3.05, 3.63) is 52.8 Å². The zero-order valence-electron chi connectivity index (χ0n) is 15.1. The zero-order valence-corrected chi connectivity index (χ0v) is 16.7. The lowest BCUT2D eigenvalue weighted by molar-refractivity contribution is 0.0993. The van der Waals surface area contributed by atoms with Crippen molar-refractivity contribution < 1.29 is 22.7 Å². The Kier molecular flexibility index (Phi) is 6.37. The zero-order chi connectivity index (χ0) is 20.3. The smallest absolute Gasteiger partial charge is 0.214 e. The van der Waals surface area contributed by atoms with Crippen LogP contribution in [0.2, 0.25) is 5.02 Å². The largest absolute Gasteiger partial charge is 0.508 e. The van der Waals surface area contributed by atoms with Crippen LogP contribution in [0.4, 0.5) is 4.39 Å². The molecule has 3 rings (SSSR count). The van der Waals surface area contributed by atoms with Crippen LogP contribution in [0.3, 0.4) is 0 Å². The summed E-state index contributed by atoms with van der Waals surface area (Å²) in [6.07, 6.45) is 3.84. The maximum absolute atomic E-state index is 14.4. The number of hydrogen-bond acceptors (Lipinski definition) is 4. The van der Waals surface area contributed by atoms with Gasteiger partial charge >= 0.3 is 0 Å². The van der Waals surface area contributed by atoms with E-state index in [1.807, 2.05) is 0 Å². The molecule has 0 aliphatic heterocycles. The van der Waals surface area contributed by atoms with Crippen LogP contribution in [-0.2, 0) is 10.0 Å². The van der Waals surface area contributed by atoms with Gasteiger partial charge in [0.2, 0.25) is 10.0 Å². The quantitative estimate of drug-likeness (QED) is 0.676. The number of phenols is 1. The maximum Gasteiger partial charge on any atom is 0.214 e. The van der Waals surface area contributed by atoms with Gasteiger partial charge in [-0.2, -0.15) is 0 Å². The molecule has 8 heteroatoms. The number of carbonyl (C=O) groups is 1. The summed E-state index contributed by atoms with van der Waals surface area (Å²) in [6.45, 7) is -0.523. The Labute approximate surface area is 168 Å². The number of aromatic hydroxyl groups is 1. The first-order valence-electron chi connectivity index (χ1n) is 9.08. The van der Waals surface area contributed by atoms with Crippen LogP contribution in [0.5, 0.6) is 5.75 Å². The van der Waals surface area contributed by atoms with Gasteiger partial charge in [0.15, 0.2) is 11.6 Å². The van der Waals surface area contributed by atoms with Gasteiger partial charge in [-0.3, -0.25) is 4.79 Å². The van der Waals surface area contributed by atoms with Crippen LogP contribution in [0, 0.1) is 5.82 Å². The molecule has 0 spiro atoms. The molecule has 0 bridgehead atoms. The van der Waals surface area contributed by atoms with Crippen molar-refractivity contribution in [3.8, 4) is 16.9 Å². The molecule has 150 valence electrons. The van der Waals surface area contributed by atoms with E-state index in [1.54, 1.807) is 12.1 Å². The second-order valence-electron chi connectivity index (χ2n) is 6.92. The predicted molar refractivity (Wildman–Crippen MR) is 107 cm³/mol. The summed E-state index contributed by atoms with van der Waals surface area (Å²) >= 11 is 5.94. The number of halogens is 2. The van der Waals surface area contributed by atoms with Gasteiger partial charge in [0.05, 0.1) is 22.4 Å². The Morgan fingerprint density at radius 1 is 1.11 bits per heavy atom. The molecule has 0 radical (unpaired) electrons. The van der Waals surface area contributed by atoms with Crippen molar-refractivity contribution in [1.29, 1.82) is 0 Å². The standard InChI is InChI=1S/C20H21ClFNO4S/c21-18-11-14(13-6-8-15(24)9-7-13)10-17(20(18)22)19(25)12-23-28(26,27)16-4-2-1-3-5-16/h6-11,16,23-24H,1-5,12H2. The van der Waals surface area contributed by atoms with Crippen LogP contribution >= 0.6 is 11.6 Å². The van der Waals surface area contributed by atoms with E-state index in [4.69, 9.17) is 11.6 Å². The van der Waals surface area contributed by atoms with Crippen molar-refractivity contribution in [2.75, 3.05) is 6.54 Å². The number of nitrogens with one attached hydrogen (secondary N) is 1. The second kappa shape index (κ2) is 8.59. The van der Waals surface area contributed by atoms with Gasteiger partial charge in [-0.05, 0) is 48.2 Å². The minimum Gasteiger partial charge on any atom is -0.508 e. The summed E-state index contributed by atoms with van der Waals surface area (Å²) in [5.74, 6) is -1.50. The lowest BCUT2D eigenvalue weighted by atomic mass is 10.0. The minimum atomic E-state index is -3.63. The van der Waals surface area contributed by atoms with Crippen molar-refractivity contribution in [2.24, 2.45) is 0 Å². The molecule has 2 N–H and O–H groups in total. The molecule has 0 heterocycles. The Morgan fingerprint density at radius 2 is 1.75 bits per heavy atom. The van der Waals surface area contributed by atoms with Gasteiger partial charge in [0.25, 0.3) is 0 Å². The predicted octanol–water partition coefficient (Wildman–Crippen LogP) is 4.29. The minimum absolute atomic E-state index is 0.0744. The van der Waals surface area contributed by atoms with E-state index >= 15 is 0 Å². The summed E-state index contributed by atoms with van der Waals surface area (Å²) in [4.78, 5) is 12.5. The molecule has 0 amide bonds. The number of sulfonamides is 1. The average molecular weight is 426 g/mol. The molecule has 0 saturated heterocycles. The normalized spacial score (nSPS) is 15.5. The molecule has 1 fully saturated rings. The van der Waals surface area contributed by atoms with Crippen molar-refractivity contribution in [3.63, 3.8) is 0 Å². The molecule has 2 aromatic rings. The number of hydrogen-bond donors (Lipinski definition) is 2. The van der Waals surface area contributed by atoms with Crippen LogP contribution in [0.1, 0.15) is 42.5 Å². The highest BCUT2D eigenvalue weighted by Gasteiger charge is 2.28. The van der Waals surface area contributed by atoms with Gasteiger partial charge in [-0.15, -0.1) is 0 Å². The number of phenolic OH excluding ortho intramolecular Hbond substituents is 1. The van der Waals surface area contributed by atoms with Gasteiger partial charge < -0.3 is 5.11 Å². The number of ketones is 1. The molecule has 0 unspecified atom stereocenters. The summed E-state index contributed by atoms with van der Waals surface area (Å²) < 4.78 is 41.5. The van der Waals surface area contributed by atoms with E-state index in [1.165, 1.54) is 24.3 Å². The highest BCUT2D eigenvalue weighted by Crippen LogP contribution is 2.29. The molecule has 1 aliphatic rings. The number of Topliss-reactive ketones (excluding diaryl/α,β-unsaturated/α-hetero) is 1. The van der Waals surface area contributed by atoms with E-state index in [0.29, 0.717) is 24.0 Å². The summed E-state index contributed by atoms with van der Waals surface area (Å²) in [7, 11) is -3.63. The molecular formula is C20H21ClFNO4S. The summed E-state index contributed by atoms with van der Waals surface area (Å²) in [5, 5.41) is 8.65. The molecular weight excluding hydrogens is 405 g/mol. The molecule has 1 saturated carbocycles. The fourth-order valence-corrected chi connectivity index (χ4v) is 5.11. The summed E-state index contributed by atoms with van der Waals surface area (Å²) in [5.41, 5.74) is 0.850. The number of rotatable bonds is 6. The van der Waals surface area contributed by atoms with E-state index in [2.05, 4.69) is 4.72 Å². The third-order valence-electron chi connectivity index (χ3n) is 4.95. The Bertz CT molecular complexity index is 970. The van der Waals surface area contributed by atoms with Crippen LogP contribution in [0.15, 0.2) is 36.4 Å². The highest BCUT2D eigenvalue weighted by atomic mass is 35.5. The SMILES string of the molecule is O=C(CNS(=O)(=O)C1CCCCC1)c1cc(-c2ccc(O)cc2)cc(Cl)c1F. The number of carbonyl (C=O) groups excluding carboxylic acids is 1. The lowest BCUT2D eigenvalue weighted by Gasteiger charge is -2.21. The van der Waals surface area contributed by atoms with Crippen LogP contribution < -0.4 is 4.72 Å². The highest BCUT2D eigenvalue weighted by molar-refractivity contribution is 7.90. The fourth-order valence-electron chi connectivity index (χ4n) is 3.37. The van der Waals surface area contributed by atoms with E-state index < -0.39 is 33.4 Å². The molecule has 28 heavy (non-hydrogen) atoms. The van der Waals surface area contributed by atoms with Gasteiger partial charge in [-0.25, -0.2) is 17.5 Å². The van der Waals surface area contributed by atoms with Crippen molar-refractivity contribution in [2.45, 2.75) is 37.4 Å². The Balaban J connectivity index is 1.80. The Hall–Kier alpha value is -1.96. The second-order valence-corrected chi connectivity index (χ2v) is 9.37. The lowest BCUT2D eigenvalue weighted by Crippen LogP contribution is -2.38. The topological polar surface area (TPSA) is 83.5 Å². The maximum atomic E-state index is 14.4. The summed E-state index contributed by atoms with van der Waals surface area (Å²) in [6, 6.07) is 8.87. The Morgan fingerprint density at radius 3 is 2.39 bits per heavy atom. The fraction of sp³-hybridized carbons (Fsp3) is 0.350. The van der Waals surface area contributed by atoms with E-state index in [9.17, 15) is 22.7 Å². The molecule has 0 atom stereocenters. The van der Waals surface area contributed by atoms with Gasteiger partial charge in [0.1, 0.15) is 5.75 Å².